The number of aryl methyl sites for hydroxylation is 1. The van der Waals surface area contributed by atoms with Crippen LogP contribution in [0.4, 0.5) is 0 Å². The highest BCUT2D eigenvalue weighted by molar-refractivity contribution is 6.74. The van der Waals surface area contributed by atoms with Crippen molar-refractivity contribution in [1.82, 2.24) is 0 Å². The van der Waals surface area contributed by atoms with Gasteiger partial charge in [-0.25, -0.2) is 14.4 Å². The molecule has 2 aromatic rings. The summed E-state index contributed by atoms with van der Waals surface area (Å²) in [5, 5.41) is 13.1. The molecular formula is C58H88O14Si. The average Bonchev–Trinajstić information content (AvgIpc) is 3.47. The molecule has 2 fully saturated rings. The number of ether oxygens (including phenoxy) is 7. The minimum absolute atomic E-state index is 0.153. The van der Waals surface area contributed by atoms with E-state index in [0.717, 1.165) is 24.8 Å². The second-order valence-electron chi connectivity index (χ2n) is 24.7. The summed E-state index contributed by atoms with van der Waals surface area (Å²) < 4.78 is 51.5. The van der Waals surface area contributed by atoms with Crippen LogP contribution in [0.1, 0.15) is 160 Å². The summed E-state index contributed by atoms with van der Waals surface area (Å²) in [5.41, 5.74) is -8.03. The number of hydrogen-bond acceptors (Lipinski definition) is 14. The van der Waals surface area contributed by atoms with Gasteiger partial charge in [0.1, 0.15) is 29.0 Å². The number of esters is 5. The minimum atomic E-state index is -3.44. The molecule has 2 aliphatic heterocycles. The fraction of sp³-hybridized carbons (Fsp3) is 0.672. The Balaban J connectivity index is 1.94. The van der Waals surface area contributed by atoms with E-state index in [-0.39, 0.29) is 43.9 Å². The Morgan fingerprint density at radius 1 is 0.740 bits per heavy atom. The third-order valence-electron chi connectivity index (χ3n) is 13.5. The lowest BCUT2D eigenvalue weighted by atomic mass is 9.74. The number of fused-ring (bicyclic) bond motifs is 2. The van der Waals surface area contributed by atoms with E-state index in [0.29, 0.717) is 6.42 Å². The van der Waals surface area contributed by atoms with Crippen LogP contribution >= 0.6 is 0 Å². The van der Waals surface area contributed by atoms with Gasteiger partial charge in [0.2, 0.25) is 11.7 Å². The molecule has 73 heavy (non-hydrogen) atoms. The van der Waals surface area contributed by atoms with Crippen molar-refractivity contribution < 1.29 is 66.7 Å². The normalized spacial score (nSPS) is 24.8. The van der Waals surface area contributed by atoms with Crippen molar-refractivity contribution in [2.24, 2.45) is 11.8 Å². The highest BCUT2D eigenvalue weighted by atomic mass is 28.4. The third kappa shape index (κ3) is 16.1. The van der Waals surface area contributed by atoms with Crippen molar-refractivity contribution in [2.75, 3.05) is 0 Å². The Bertz CT molecular complexity index is 2200. The summed E-state index contributed by atoms with van der Waals surface area (Å²) >= 11 is 0. The zero-order valence-electron chi connectivity index (χ0n) is 47.0. The van der Waals surface area contributed by atoms with Gasteiger partial charge in [-0.15, -0.1) is 0 Å². The number of allylic oxidation sites excluding steroid dienone is 2. The molecular weight excluding hydrogens is 949 g/mol. The lowest BCUT2D eigenvalue weighted by Gasteiger charge is -2.51. The van der Waals surface area contributed by atoms with Crippen LogP contribution in [0.15, 0.2) is 72.8 Å². The summed E-state index contributed by atoms with van der Waals surface area (Å²) in [6.07, 6.45) is 1.13. The lowest BCUT2D eigenvalue weighted by molar-refractivity contribution is -0.378. The number of hydrogen-bond donors (Lipinski definition) is 1. The molecule has 0 amide bonds. The molecule has 2 aliphatic rings. The number of carbonyl (C=O) groups excluding carboxylic acids is 5. The monoisotopic (exact) mass is 1040 g/mol. The summed E-state index contributed by atoms with van der Waals surface area (Å²) in [5.74, 6) is -7.52. The minimum Gasteiger partial charge on any atom is -0.462 e. The molecule has 0 aliphatic carbocycles. The summed E-state index contributed by atoms with van der Waals surface area (Å²) in [7, 11) is -3.10. The first-order valence-corrected chi connectivity index (χ1v) is 29.1. The fourth-order valence-corrected chi connectivity index (χ4v) is 10.3. The Kier molecular flexibility index (Phi) is 20.2. The van der Waals surface area contributed by atoms with Crippen LogP contribution in [0.2, 0.25) is 18.1 Å². The molecule has 0 radical (unpaired) electrons. The summed E-state index contributed by atoms with van der Waals surface area (Å²) in [4.78, 5) is 72.9. The van der Waals surface area contributed by atoms with Gasteiger partial charge in [0.15, 0.2) is 20.2 Å². The molecule has 0 saturated carbocycles. The van der Waals surface area contributed by atoms with E-state index in [9.17, 15) is 19.5 Å². The quantitative estimate of drug-likeness (QED) is 0.0509. The van der Waals surface area contributed by atoms with Gasteiger partial charge in [-0.2, -0.15) is 0 Å². The van der Waals surface area contributed by atoms with Gasteiger partial charge in [-0.3, -0.25) is 9.59 Å². The molecule has 408 valence electrons. The molecule has 0 spiro atoms. The van der Waals surface area contributed by atoms with E-state index in [1.807, 2.05) is 95.4 Å². The zero-order chi connectivity index (χ0) is 55.0. The molecule has 4 rings (SSSR count). The first-order chi connectivity index (χ1) is 33.6. The van der Waals surface area contributed by atoms with Crippen LogP contribution in [-0.2, 0) is 74.4 Å². The third-order valence-corrected chi connectivity index (χ3v) is 18.0. The smallest absolute Gasteiger partial charge is 0.347 e. The van der Waals surface area contributed by atoms with Crippen molar-refractivity contribution in [3.8, 4) is 0 Å². The van der Waals surface area contributed by atoms with E-state index >= 15 is 9.59 Å². The van der Waals surface area contributed by atoms with E-state index in [2.05, 4.69) is 25.1 Å². The lowest BCUT2D eigenvalue weighted by Crippen LogP contribution is -2.79. The number of benzene rings is 2. The predicted octanol–water partition coefficient (Wildman–Crippen LogP) is 10.9. The van der Waals surface area contributed by atoms with Gasteiger partial charge in [0.05, 0.1) is 0 Å². The maximum atomic E-state index is 15.6. The summed E-state index contributed by atoms with van der Waals surface area (Å²) in [6, 6.07) is 20.1. The molecule has 9 atom stereocenters. The number of rotatable bonds is 22. The van der Waals surface area contributed by atoms with Gasteiger partial charge in [-0.05, 0) is 148 Å². The standard InChI is InChI=1S/C58H88O14Si/c1-39(29-26-34-42-30-20-18-21-31-42)28-24-25-36-45(60)66-47-46(71-73(16,17)55(13,14)15)56(37-27-35-44(65-41(3)59)40(2)38-43-32-22-19-23-33-43)67-48(49(61)68-52(4,5)6)57(64,50(62)69-53(7,8)9)58(47,72-56)51(63)70-54(10,11)12/h18-24,28,30-33,39-40,44,46-48,64H,25-27,29,34-38H2,1-17H3/b28-24+/t39-,40+,44+,46+,47+,48+,56-,57+,58-/m0/s1. The van der Waals surface area contributed by atoms with Gasteiger partial charge in [0, 0.05) is 19.8 Å². The van der Waals surface area contributed by atoms with Crippen LogP contribution in [-0.4, -0.2) is 101 Å². The van der Waals surface area contributed by atoms with E-state index in [1.54, 1.807) is 62.3 Å². The van der Waals surface area contributed by atoms with Crippen molar-refractivity contribution >= 4 is 38.2 Å². The van der Waals surface area contributed by atoms with E-state index < -0.39 is 101 Å². The van der Waals surface area contributed by atoms with Crippen LogP contribution in [0.3, 0.4) is 0 Å². The second-order valence-corrected chi connectivity index (χ2v) is 29.4. The van der Waals surface area contributed by atoms with Crippen LogP contribution in [0.5, 0.6) is 0 Å². The molecule has 2 aromatic carbocycles. The number of carbonyl (C=O) groups is 5. The van der Waals surface area contributed by atoms with Crippen LogP contribution < -0.4 is 0 Å². The molecule has 0 unspecified atom stereocenters. The van der Waals surface area contributed by atoms with Gasteiger partial charge >= 0.3 is 29.8 Å². The van der Waals surface area contributed by atoms with E-state index in [1.165, 1.54) is 12.5 Å². The van der Waals surface area contributed by atoms with E-state index in [4.69, 9.17) is 37.6 Å². The molecule has 0 aromatic heterocycles. The molecule has 2 saturated heterocycles. The Morgan fingerprint density at radius 3 is 1.82 bits per heavy atom. The molecule has 14 nitrogen and oxygen atoms in total. The van der Waals surface area contributed by atoms with Crippen molar-refractivity contribution in [2.45, 2.75) is 238 Å². The van der Waals surface area contributed by atoms with Crippen molar-refractivity contribution in [1.29, 1.82) is 0 Å². The maximum Gasteiger partial charge on any atom is 0.347 e. The molecule has 15 heteroatoms. The van der Waals surface area contributed by atoms with Gasteiger partial charge < -0.3 is 42.7 Å². The Labute approximate surface area is 437 Å². The van der Waals surface area contributed by atoms with Gasteiger partial charge in [-0.1, -0.05) is 107 Å². The first kappa shape index (κ1) is 61.1. The topological polar surface area (TPSA) is 179 Å². The largest absolute Gasteiger partial charge is 0.462 e. The average molecular weight is 1040 g/mol. The van der Waals surface area contributed by atoms with Crippen molar-refractivity contribution in [3.63, 3.8) is 0 Å². The van der Waals surface area contributed by atoms with Crippen LogP contribution in [0.25, 0.3) is 0 Å². The molecule has 2 heterocycles. The second kappa shape index (κ2) is 24.1. The maximum absolute atomic E-state index is 15.6. The highest BCUT2D eigenvalue weighted by Crippen LogP contribution is 2.59. The predicted molar refractivity (Wildman–Crippen MR) is 281 cm³/mol. The van der Waals surface area contributed by atoms with Crippen LogP contribution in [0, 0.1) is 11.8 Å². The van der Waals surface area contributed by atoms with Crippen molar-refractivity contribution in [3.05, 3.63) is 83.9 Å². The fourth-order valence-electron chi connectivity index (χ4n) is 9.04. The van der Waals surface area contributed by atoms with Gasteiger partial charge in [0.25, 0.3) is 5.60 Å². The zero-order valence-corrected chi connectivity index (χ0v) is 48.0. The Hall–Kier alpha value is -4.41. The Morgan fingerprint density at radius 2 is 1.29 bits per heavy atom. The molecule has 2 bridgehead atoms. The SMILES string of the molecule is CC(=O)O[C@H](CCC[C@]12O[C@H](C(=O)OC(C)(C)C)[C@@](O)(C(=O)OC(C)(C)C)[C@](C(=O)OC(C)(C)C)(O1)[C@H](OC(=O)CC/C=C/[C@H](C)CCCc1ccccc1)[C@H]2O[Si](C)(C)C(C)(C)C)[C@H](C)Cc1ccccc1. The number of aliphatic hydroxyl groups is 1. The molecule has 1 N–H and O–H groups in total. The highest BCUT2D eigenvalue weighted by Gasteiger charge is 2.87. The summed E-state index contributed by atoms with van der Waals surface area (Å²) in [6.45, 7) is 29.5. The first-order valence-electron chi connectivity index (χ1n) is 26.1.